The van der Waals surface area contributed by atoms with Crippen LogP contribution in [0.5, 0.6) is 0 Å². The summed E-state index contributed by atoms with van der Waals surface area (Å²) in [6, 6.07) is 1.46. The van der Waals surface area contributed by atoms with E-state index < -0.39 is 4.92 Å². The van der Waals surface area contributed by atoms with Crippen molar-refractivity contribution in [2.75, 3.05) is 18.5 Å². The number of hydrogen-bond donors (Lipinski definition) is 2. The van der Waals surface area contributed by atoms with Crippen LogP contribution in [0.25, 0.3) is 0 Å². The lowest BCUT2D eigenvalue weighted by Crippen LogP contribution is -2.17. The van der Waals surface area contributed by atoms with Crippen LogP contribution in [0.4, 0.5) is 11.5 Å². The van der Waals surface area contributed by atoms with Crippen molar-refractivity contribution in [1.82, 2.24) is 4.98 Å². The maximum Gasteiger partial charge on any atom is 0.277 e. The van der Waals surface area contributed by atoms with E-state index in [1.165, 1.54) is 12.3 Å². The van der Waals surface area contributed by atoms with Gasteiger partial charge in [-0.2, -0.15) is 0 Å². The maximum atomic E-state index is 10.8. The van der Waals surface area contributed by atoms with Crippen LogP contribution in [0.15, 0.2) is 12.3 Å². The Hall–Kier alpha value is -1.69. The molecule has 18 heavy (non-hydrogen) atoms. The van der Waals surface area contributed by atoms with E-state index in [0.717, 1.165) is 19.3 Å². The molecule has 1 aliphatic carbocycles. The minimum atomic E-state index is -0.400. The first-order chi connectivity index (χ1) is 8.56. The van der Waals surface area contributed by atoms with E-state index in [-0.39, 0.29) is 17.7 Å². The first-order valence-corrected chi connectivity index (χ1v) is 6.02. The van der Waals surface area contributed by atoms with Crippen molar-refractivity contribution in [2.45, 2.75) is 26.2 Å². The Bertz CT molecular complexity index is 458. The number of rotatable bonds is 6. The van der Waals surface area contributed by atoms with Crippen molar-refractivity contribution >= 4 is 11.5 Å². The fourth-order valence-corrected chi connectivity index (χ4v) is 2.01. The molecule has 6 nitrogen and oxygen atoms in total. The second-order valence-electron chi connectivity index (χ2n) is 4.94. The van der Waals surface area contributed by atoms with Gasteiger partial charge in [-0.15, -0.1) is 0 Å². The lowest BCUT2D eigenvalue weighted by atomic mass is 10.0. The van der Waals surface area contributed by atoms with Gasteiger partial charge in [0.1, 0.15) is 5.82 Å². The number of hydrogen-bond acceptors (Lipinski definition) is 5. The van der Waals surface area contributed by atoms with E-state index >= 15 is 0 Å². The number of aliphatic hydroxyl groups is 1. The van der Waals surface area contributed by atoms with Crippen LogP contribution >= 0.6 is 0 Å². The molecule has 0 aliphatic heterocycles. The molecule has 6 heteroatoms. The number of aromatic nitrogens is 1. The highest BCUT2D eigenvalue weighted by atomic mass is 16.6. The first-order valence-electron chi connectivity index (χ1n) is 6.02. The van der Waals surface area contributed by atoms with Gasteiger partial charge in [0.2, 0.25) is 0 Å². The van der Waals surface area contributed by atoms with Crippen LogP contribution < -0.4 is 5.32 Å². The van der Waals surface area contributed by atoms with E-state index in [4.69, 9.17) is 5.11 Å². The highest BCUT2D eigenvalue weighted by Crippen LogP contribution is 2.48. The predicted molar refractivity (Wildman–Crippen MR) is 67.5 cm³/mol. The number of aliphatic hydroxyl groups excluding tert-OH is 1. The molecular weight excluding hydrogens is 234 g/mol. The molecule has 2 rings (SSSR count). The smallest absolute Gasteiger partial charge is 0.277 e. The fourth-order valence-electron chi connectivity index (χ4n) is 2.01. The van der Waals surface area contributed by atoms with Gasteiger partial charge in [-0.1, -0.05) is 0 Å². The monoisotopic (exact) mass is 251 g/mol. The number of pyridine rings is 1. The number of nitrogens with zero attached hydrogens (tertiary/aromatic N) is 2. The van der Waals surface area contributed by atoms with Crippen LogP contribution in [0, 0.1) is 22.5 Å². The minimum absolute atomic E-state index is 0.0829. The third-order valence-corrected chi connectivity index (χ3v) is 3.52. The molecule has 0 aromatic carbocycles. The SMILES string of the molecule is Cc1cnc(NCC2(CCO)CC2)cc1[N+](=O)[O-]. The van der Waals surface area contributed by atoms with E-state index in [1.54, 1.807) is 6.92 Å². The summed E-state index contributed by atoms with van der Waals surface area (Å²) in [6.45, 7) is 2.56. The molecule has 0 amide bonds. The summed E-state index contributed by atoms with van der Waals surface area (Å²) in [5.41, 5.74) is 0.803. The van der Waals surface area contributed by atoms with E-state index in [0.29, 0.717) is 17.9 Å². The van der Waals surface area contributed by atoms with Crippen molar-refractivity contribution in [3.8, 4) is 0 Å². The zero-order valence-corrected chi connectivity index (χ0v) is 10.3. The molecule has 1 fully saturated rings. The van der Waals surface area contributed by atoms with Crippen molar-refractivity contribution in [1.29, 1.82) is 0 Å². The summed E-state index contributed by atoms with van der Waals surface area (Å²) < 4.78 is 0. The molecule has 1 aromatic heterocycles. The molecule has 0 spiro atoms. The molecule has 0 saturated heterocycles. The molecular formula is C12H17N3O3. The van der Waals surface area contributed by atoms with Gasteiger partial charge in [-0.25, -0.2) is 4.98 Å². The van der Waals surface area contributed by atoms with E-state index in [9.17, 15) is 10.1 Å². The molecule has 1 saturated carbocycles. The van der Waals surface area contributed by atoms with Crippen molar-refractivity contribution < 1.29 is 10.0 Å². The first kappa shape index (κ1) is 12.8. The minimum Gasteiger partial charge on any atom is -0.396 e. The van der Waals surface area contributed by atoms with Crippen molar-refractivity contribution in [3.05, 3.63) is 27.9 Å². The Labute approximate surface area is 105 Å². The molecule has 0 radical (unpaired) electrons. The zero-order valence-electron chi connectivity index (χ0n) is 10.3. The molecule has 0 bridgehead atoms. The third-order valence-electron chi connectivity index (χ3n) is 3.52. The molecule has 98 valence electrons. The summed E-state index contributed by atoms with van der Waals surface area (Å²) in [5.74, 6) is 0.525. The molecule has 1 aromatic rings. The lowest BCUT2D eigenvalue weighted by Gasteiger charge is -2.14. The highest BCUT2D eigenvalue weighted by molar-refractivity contribution is 5.49. The number of aryl methyl sites for hydroxylation is 1. The molecule has 1 aliphatic rings. The second-order valence-corrected chi connectivity index (χ2v) is 4.94. The number of anilines is 1. The van der Waals surface area contributed by atoms with Gasteiger partial charge < -0.3 is 10.4 Å². The second kappa shape index (κ2) is 4.89. The van der Waals surface area contributed by atoms with Crippen LogP contribution in [-0.4, -0.2) is 28.2 Å². The Morgan fingerprint density at radius 3 is 2.89 bits per heavy atom. The van der Waals surface area contributed by atoms with Crippen LogP contribution in [0.1, 0.15) is 24.8 Å². The van der Waals surface area contributed by atoms with E-state index in [1.807, 2.05) is 0 Å². The number of nitro groups is 1. The third kappa shape index (κ3) is 2.76. The summed E-state index contributed by atoms with van der Waals surface area (Å²) in [5, 5.41) is 22.9. The zero-order chi connectivity index (χ0) is 13.2. The number of nitrogens with one attached hydrogen (secondary N) is 1. The normalized spacial score (nSPS) is 16.3. The van der Waals surface area contributed by atoms with Crippen molar-refractivity contribution in [3.63, 3.8) is 0 Å². The van der Waals surface area contributed by atoms with Gasteiger partial charge in [0, 0.05) is 24.9 Å². The Morgan fingerprint density at radius 1 is 1.61 bits per heavy atom. The lowest BCUT2D eigenvalue weighted by molar-refractivity contribution is -0.385. The summed E-state index contributed by atoms with van der Waals surface area (Å²) in [7, 11) is 0. The fraction of sp³-hybridized carbons (Fsp3) is 0.583. The predicted octanol–water partition coefficient (Wildman–Crippen LogP) is 1.87. The highest BCUT2D eigenvalue weighted by Gasteiger charge is 2.41. The molecule has 0 atom stereocenters. The van der Waals surface area contributed by atoms with Crippen LogP contribution in [-0.2, 0) is 0 Å². The summed E-state index contributed by atoms with van der Waals surface area (Å²) >= 11 is 0. The molecule has 1 heterocycles. The topological polar surface area (TPSA) is 88.3 Å². The average Bonchev–Trinajstić information content (AvgIpc) is 3.08. The van der Waals surface area contributed by atoms with Gasteiger partial charge >= 0.3 is 0 Å². The van der Waals surface area contributed by atoms with Gasteiger partial charge in [0.05, 0.1) is 11.0 Å². The van der Waals surface area contributed by atoms with Crippen LogP contribution in [0.2, 0.25) is 0 Å². The summed E-state index contributed by atoms with van der Waals surface area (Å²) in [4.78, 5) is 14.5. The maximum absolute atomic E-state index is 10.8. The Kier molecular flexibility index (Phi) is 3.47. The average molecular weight is 251 g/mol. The quantitative estimate of drug-likeness (QED) is 0.595. The molecule has 2 N–H and O–H groups in total. The van der Waals surface area contributed by atoms with Gasteiger partial charge in [0.15, 0.2) is 0 Å². The molecule has 0 unspecified atom stereocenters. The van der Waals surface area contributed by atoms with Crippen molar-refractivity contribution in [2.24, 2.45) is 5.41 Å². The Balaban J connectivity index is 2.02. The van der Waals surface area contributed by atoms with Gasteiger partial charge in [0.25, 0.3) is 5.69 Å². The van der Waals surface area contributed by atoms with E-state index in [2.05, 4.69) is 10.3 Å². The summed E-state index contributed by atoms with van der Waals surface area (Å²) in [6.07, 6.45) is 4.46. The van der Waals surface area contributed by atoms with Crippen LogP contribution in [0.3, 0.4) is 0 Å². The Morgan fingerprint density at radius 2 is 2.33 bits per heavy atom. The largest absolute Gasteiger partial charge is 0.396 e. The van der Waals surface area contributed by atoms with Gasteiger partial charge in [-0.3, -0.25) is 10.1 Å². The standard InChI is InChI=1S/C12H17N3O3/c1-9-7-13-11(6-10(9)15(17)18)14-8-12(2-3-12)4-5-16/h6-7,16H,2-5,8H2,1H3,(H,13,14). The van der Waals surface area contributed by atoms with Gasteiger partial charge in [-0.05, 0) is 31.6 Å².